The summed E-state index contributed by atoms with van der Waals surface area (Å²) in [7, 11) is 0. The molecular formula is C29H28BrF3N6O4. The fraction of sp³-hybridized carbons (Fsp3) is 0.310. The number of nitrogens with zero attached hydrogens (tertiary/aromatic N) is 4. The van der Waals surface area contributed by atoms with Crippen molar-refractivity contribution in [3.63, 3.8) is 0 Å². The van der Waals surface area contributed by atoms with E-state index in [1.807, 2.05) is 5.43 Å². The minimum atomic E-state index is -4.57. The molecule has 3 N–H and O–H groups in total. The number of benzene rings is 3. The van der Waals surface area contributed by atoms with E-state index in [4.69, 9.17) is 25.1 Å². The van der Waals surface area contributed by atoms with Crippen LogP contribution in [0.5, 0.6) is 5.75 Å². The number of amides is 1. The van der Waals surface area contributed by atoms with Crippen LogP contribution in [0.3, 0.4) is 0 Å². The summed E-state index contributed by atoms with van der Waals surface area (Å²) < 4.78 is 51.6. The van der Waals surface area contributed by atoms with Gasteiger partial charge in [-0.25, -0.2) is 10.4 Å². The van der Waals surface area contributed by atoms with Gasteiger partial charge in [-0.3, -0.25) is 10.2 Å². The number of aliphatic imine (C=N–C) groups is 1. The Hall–Kier alpha value is -4.10. The van der Waals surface area contributed by atoms with Gasteiger partial charge in [0.25, 0.3) is 5.91 Å². The van der Waals surface area contributed by atoms with Gasteiger partial charge in [0, 0.05) is 34.4 Å². The molecule has 1 aliphatic heterocycles. The zero-order chi connectivity index (χ0) is 30.9. The van der Waals surface area contributed by atoms with Crippen molar-refractivity contribution in [2.75, 3.05) is 19.8 Å². The van der Waals surface area contributed by atoms with Crippen molar-refractivity contribution < 1.29 is 32.5 Å². The van der Waals surface area contributed by atoms with Crippen molar-refractivity contribution in [1.29, 1.82) is 0 Å². The van der Waals surface area contributed by atoms with E-state index in [9.17, 15) is 18.0 Å². The average Bonchev–Trinajstić information content (AvgIpc) is 3.37. The maximum atomic E-state index is 14.0. The lowest BCUT2D eigenvalue weighted by molar-refractivity contribution is -0.136. The van der Waals surface area contributed by atoms with Crippen LogP contribution in [0, 0.1) is 0 Å². The van der Waals surface area contributed by atoms with Gasteiger partial charge in [-0.2, -0.15) is 13.2 Å². The van der Waals surface area contributed by atoms with Crippen LogP contribution in [0.1, 0.15) is 34.8 Å². The number of nitrogens with one attached hydrogen (secondary N) is 2. The van der Waals surface area contributed by atoms with Gasteiger partial charge in [-0.1, -0.05) is 57.4 Å². The third-order valence-corrected chi connectivity index (χ3v) is 7.10. The van der Waals surface area contributed by atoms with E-state index in [0.717, 1.165) is 4.47 Å². The van der Waals surface area contributed by atoms with Crippen LogP contribution in [-0.2, 0) is 22.5 Å². The van der Waals surface area contributed by atoms with Gasteiger partial charge in [0.15, 0.2) is 11.6 Å². The van der Waals surface area contributed by atoms with Crippen molar-refractivity contribution in [2.45, 2.75) is 37.2 Å². The molecule has 1 aliphatic rings. The molecule has 0 unspecified atom stereocenters. The van der Waals surface area contributed by atoms with Gasteiger partial charge in [-0.05, 0) is 58.6 Å². The average molecular weight is 661 g/mol. The smallest absolute Gasteiger partial charge is 0.402 e. The molecule has 2 atom stereocenters. The maximum absolute atomic E-state index is 14.0. The van der Waals surface area contributed by atoms with Crippen molar-refractivity contribution in [3.05, 3.63) is 110 Å². The fourth-order valence-corrected chi connectivity index (χ4v) is 4.80. The Balaban J connectivity index is 1.80. The first-order valence-electron chi connectivity index (χ1n) is 13.2. The normalized spacial score (nSPS) is 17.9. The van der Waals surface area contributed by atoms with Crippen LogP contribution in [0.25, 0.3) is 10.4 Å². The number of aliphatic hydroxyl groups excluding tert-OH is 1. The second-order valence-corrected chi connectivity index (χ2v) is 10.5. The number of alkyl halides is 3. The number of aliphatic hydroxyl groups is 1. The zero-order valence-corrected chi connectivity index (χ0v) is 24.3. The van der Waals surface area contributed by atoms with Gasteiger partial charge in [0.05, 0.1) is 13.2 Å². The van der Waals surface area contributed by atoms with Crippen molar-refractivity contribution in [1.82, 2.24) is 10.9 Å². The van der Waals surface area contributed by atoms with Crippen LogP contribution in [0.15, 0.2) is 87.4 Å². The summed E-state index contributed by atoms with van der Waals surface area (Å²) in [6.07, 6.45) is -5.24. The number of hydrogen-bond donors (Lipinski definition) is 3. The number of carbonyl (C=O) groups excluding carboxylic acids is 1. The van der Waals surface area contributed by atoms with Crippen molar-refractivity contribution in [3.8, 4) is 5.75 Å². The first-order chi connectivity index (χ1) is 20.6. The highest BCUT2D eigenvalue weighted by Gasteiger charge is 2.53. The Morgan fingerprint density at radius 3 is 2.47 bits per heavy atom. The molecule has 0 aromatic heterocycles. The van der Waals surface area contributed by atoms with Gasteiger partial charge in [-0.15, -0.1) is 0 Å². The molecule has 3 aromatic carbocycles. The molecule has 3 aromatic rings. The molecule has 10 nitrogen and oxygen atoms in total. The Morgan fingerprint density at radius 1 is 1.12 bits per heavy atom. The lowest BCUT2D eigenvalue weighted by Crippen LogP contribution is -2.55. The van der Waals surface area contributed by atoms with Gasteiger partial charge < -0.3 is 14.6 Å². The van der Waals surface area contributed by atoms with Crippen molar-refractivity contribution >= 4 is 27.7 Å². The van der Waals surface area contributed by atoms with Crippen LogP contribution >= 0.6 is 15.9 Å². The Kier molecular flexibility index (Phi) is 10.6. The number of hydrazine groups is 1. The first-order valence-corrected chi connectivity index (χ1v) is 14.0. The van der Waals surface area contributed by atoms with Crippen LogP contribution in [0.4, 0.5) is 13.2 Å². The molecule has 0 aliphatic carbocycles. The van der Waals surface area contributed by atoms with E-state index in [-0.39, 0.29) is 25.5 Å². The molecule has 0 spiro atoms. The van der Waals surface area contributed by atoms with Gasteiger partial charge in [0.2, 0.25) is 5.90 Å². The molecule has 4 rings (SSSR count). The van der Waals surface area contributed by atoms with Crippen LogP contribution in [0.2, 0.25) is 0 Å². The summed E-state index contributed by atoms with van der Waals surface area (Å²) in [4.78, 5) is 21.6. The number of rotatable bonds is 13. The quantitative estimate of drug-likeness (QED) is 0.0709. The van der Waals surface area contributed by atoms with E-state index >= 15 is 0 Å². The number of halogens is 4. The molecule has 0 saturated carbocycles. The summed E-state index contributed by atoms with van der Waals surface area (Å²) in [6.45, 7) is -1.15. The number of hydrogen-bond acceptors (Lipinski definition) is 7. The molecule has 43 heavy (non-hydrogen) atoms. The summed E-state index contributed by atoms with van der Waals surface area (Å²) in [5.41, 5.74) is 13.6. The highest BCUT2D eigenvalue weighted by Crippen LogP contribution is 2.43. The molecule has 1 amide bonds. The Morgan fingerprint density at radius 2 is 1.81 bits per heavy atom. The molecular weight excluding hydrogens is 633 g/mol. The minimum absolute atomic E-state index is 0.00514. The Bertz CT molecular complexity index is 1480. The van der Waals surface area contributed by atoms with E-state index in [2.05, 4.69) is 31.4 Å². The lowest BCUT2D eigenvalue weighted by Gasteiger charge is -2.31. The molecule has 14 heteroatoms. The summed E-state index contributed by atoms with van der Waals surface area (Å²) in [5.74, 6) is -0.192. The number of carbonyl (C=O) groups is 1. The second-order valence-electron chi connectivity index (χ2n) is 9.60. The standard InChI is InChI=1S/C29H28BrF3N6O4/c30-23-10-6-19(7-11-23)25-28(27(41)38-36-18-29(31,32)33,16-21-4-1-2-5-22(21)17-35-39-34)37-26(43-25)20-8-12-24(13-9-20)42-15-3-14-40/h1-2,4-13,25,36,40H,3,14-18H2,(H,38,41)/t25-,28-/m0/s1. The number of ether oxygens (including phenoxy) is 2. The molecule has 0 radical (unpaired) electrons. The predicted molar refractivity (Wildman–Crippen MR) is 156 cm³/mol. The highest BCUT2D eigenvalue weighted by atomic mass is 79.9. The van der Waals surface area contributed by atoms with E-state index in [0.29, 0.717) is 41.0 Å². The van der Waals surface area contributed by atoms with Gasteiger partial charge >= 0.3 is 6.18 Å². The van der Waals surface area contributed by atoms with Gasteiger partial charge in [0.1, 0.15) is 12.3 Å². The largest absolute Gasteiger partial charge is 0.494 e. The number of azide groups is 1. The van der Waals surface area contributed by atoms with E-state index in [1.165, 1.54) is 0 Å². The minimum Gasteiger partial charge on any atom is -0.494 e. The van der Waals surface area contributed by atoms with E-state index in [1.54, 1.807) is 72.8 Å². The van der Waals surface area contributed by atoms with Crippen LogP contribution in [-0.4, -0.2) is 48.4 Å². The topological polar surface area (TPSA) is 141 Å². The predicted octanol–water partition coefficient (Wildman–Crippen LogP) is 5.70. The van der Waals surface area contributed by atoms with E-state index < -0.39 is 30.3 Å². The first kappa shape index (κ1) is 31.8. The summed E-state index contributed by atoms with van der Waals surface area (Å²) in [5, 5.41) is 12.6. The second kappa shape index (κ2) is 14.4. The molecule has 226 valence electrons. The zero-order valence-electron chi connectivity index (χ0n) is 22.7. The molecule has 1 heterocycles. The van der Waals surface area contributed by atoms with Crippen LogP contribution < -0.4 is 15.6 Å². The summed E-state index contributed by atoms with van der Waals surface area (Å²) >= 11 is 3.40. The summed E-state index contributed by atoms with van der Waals surface area (Å²) in [6, 6.07) is 20.7. The fourth-order valence-electron chi connectivity index (χ4n) is 4.54. The maximum Gasteiger partial charge on any atom is 0.402 e. The molecule has 0 bridgehead atoms. The molecule has 0 fully saturated rings. The third-order valence-electron chi connectivity index (χ3n) is 6.58. The lowest BCUT2D eigenvalue weighted by atomic mass is 9.81. The third kappa shape index (κ3) is 8.26. The Labute approximate surface area is 253 Å². The SMILES string of the molecule is [N-]=[N+]=NCc1ccccc1C[C@]1(C(=O)NNCC(F)(F)F)N=C(c2ccc(OCCCO)cc2)O[C@H]1c1ccc(Br)cc1. The molecule has 0 saturated heterocycles. The highest BCUT2D eigenvalue weighted by molar-refractivity contribution is 9.10. The monoisotopic (exact) mass is 660 g/mol. The van der Waals surface area contributed by atoms with Crippen molar-refractivity contribution in [2.24, 2.45) is 10.1 Å².